The molecule has 1 radical (unpaired) electrons. The molecule has 0 atom stereocenters. The van der Waals surface area contributed by atoms with Gasteiger partial charge >= 0.3 is 0 Å². The Bertz CT molecular complexity index is 717. The lowest BCUT2D eigenvalue weighted by molar-refractivity contribution is 0.865. The Hall–Kier alpha value is -2.02. The van der Waals surface area contributed by atoms with Gasteiger partial charge in [0.2, 0.25) is 0 Å². The van der Waals surface area contributed by atoms with Crippen LogP contribution >= 0.6 is 0 Å². The topological polar surface area (TPSA) is 4.93 Å². The van der Waals surface area contributed by atoms with Crippen LogP contribution in [0.1, 0.15) is 36.5 Å². The lowest BCUT2D eigenvalue weighted by atomic mass is 9.98. The van der Waals surface area contributed by atoms with Crippen molar-refractivity contribution < 1.29 is 0 Å². The van der Waals surface area contributed by atoms with Crippen molar-refractivity contribution in [2.24, 2.45) is 7.05 Å². The second-order valence-electron chi connectivity index (χ2n) is 5.76. The van der Waals surface area contributed by atoms with Crippen LogP contribution in [0.15, 0.2) is 48.5 Å². The minimum absolute atomic E-state index is 0.593. The molecule has 1 heterocycles. The van der Waals surface area contributed by atoms with Crippen LogP contribution in [-0.2, 0) is 13.5 Å². The third kappa shape index (κ3) is 2.36. The van der Waals surface area contributed by atoms with Crippen LogP contribution in [0.3, 0.4) is 0 Å². The smallest absolute Gasteiger partial charge is 0.0656 e. The summed E-state index contributed by atoms with van der Waals surface area (Å²) in [6.07, 6.45) is 4.22. The lowest BCUT2D eigenvalue weighted by Crippen LogP contribution is -1.95. The van der Waals surface area contributed by atoms with Crippen LogP contribution in [0.2, 0.25) is 0 Å². The number of para-hydroxylation sites is 1. The highest BCUT2D eigenvalue weighted by molar-refractivity contribution is 5.83. The van der Waals surface area contributed by atoms with E-state index in [4.69, 9.17) is 0 Å². The molecule has 1 aromatic heterocycles. The zero-order valence-corrected chi connectivity index (χ0v) is 12.4. The number of benzene rings is 2. The summed E-state index contributed by atoms with van der Waals surface area (Å²) in [6.45, 7) is 4.46. The molecule has 3 rings (SSSR count). The molecular weight excluding hydrogens is 242 g/mol. The third-order valence-corrected chi connectivity index (χ3v) is 3.94. The molecule has 0 aliphatic heterocycles. The number of hydrogen-bond acceptors (Lipinski definition) is 0. The van der Waals surface area contributed by atoms with E-state index in [-0.39, 0.29) is 0 Å². The molecule has 20 heavy (non-hydrogen) atoms. The largest absolute Gasteiger partial charge is 0.342 e. The molecule has 1 nitrogen and oxygen atoms in total. The van der Waals surface area contributed by atoms with Crippen LogP contribution < -0.4 is 0 Å². The van der Waals surface area contributed by atoms with Crippen LogP contribution in [0.4, 0.5) is 0 Å². The van der Waals surface area contributed by atoms with Crippen molar-refractivity contribution in [3.8, 4) is 0 Å². The van der Waals surface area contributed by atoms with Crippen molar-refractivity contribution in [3.63, 3.8) is 0 Å². The van der Waals surface area contributed by atoms with Gasteiger partial charge in [0.1, 0.15) is 0 Å². The van der Waals surface area contributed by atoms with Gasteiger partial charge < -0.3 is 4.57 Å². The first kappa shape index (κ1) is 13.0. The van der Waals surface area contributed by atoms with E-state index in [0.717, 1.165) is 6.42 Å². The van der Waals surface area contributed by atoms with Crippen molar-refractivity contribution >= 4 is 10.9 Å². The average molecular weight is 262 g/mol. The minimum atomic E-state index is 0.593. The van der Waals surface area contributed by atoms with E-state index in [9.17, 15) is 0 Å². The molecule has 3 aromatic rings. The van der Waals surface area contributed by atoms with Crippen molar-refractivity contribution in [1.82, 2.24) is 4.57 Å². The summed E-state index contributed by atoms with van der Waals surface area (Å²) in [5.41, 5.74) is 5.42. The maximum absolute atomic E-state index is 3.24. The van der Waals surface area contributed by atoms with Gasteiger partial charge in [-0.2, -0.15) is 0 Å². The van der Waals surface area contributed by atoms with E-state index < -0.39 is 0 Å². The van der Waals surface area contributed by atoms with E-state index in [1.54, 1.807) is 0 Å². The Balaban J connectivity index is 1.95. The highest BCUT2D eigenvalue weighted by Crippen LogP contribution is 2.22. The molecule has 1 heteroatoms. The quantitative estimate of drug-likeness (QED) is 0.645. The van der Waals surface area contributed by atoms with Crippen LogP contribution in [0, 0.1) is 6.20 Å². The van der Waals surface area contributed by atoms with Gasteiger partial charge in [0, 0.05) is 12.4 Å². The Morgan fingerprint density at radius 3 is 2.50 bits per heavy atom. The highest BCUT2D eigenvalue weighted by atomic mass is 14.9. The predicted octanol–water partition coefficient (Wildman–Crippen LogP) is 4.69. The SMILES string of the molecule is CC(C)c1ccc(Cc2cccc3c[c]n(C)c23)cc1. The number of aryl methyl sites for hydroxylation is 1. The number of rotatable bonds is 3. The van der Waals surface area contributed by atoms with Crippen molar-refractivity contribution in [3.05, 3.63) is 71.4 Å². The van der Waals surface area contributed by atoms with Gasteiger partial charge in [-0.1, -0.05) is 56.3 Å². The maximum Gasteiger partial charge on any atom is 0.0656 e. The Kier molecular flexibility index (Phi) is 3.35. The van der Waals surface area contributed by atoms with E-state index >= 15 is 0 Å². The van der Waals surface area contributed by atoms with Gasteiger partial charge in [-0.3, -0.25) is 0 Å². The summed E-state index contributed by atoms with van der Waals surface area (Å²) in [4.78, 5) is 0. The van der Waals surface area contributed by atoms with Gasteiger partial charge in [0.25, 0.3) is 0 Å². The number of fused-ring (bicyclic) bond motifs is 1. The molecule has 0 unspecified atom stereocenters. The molecule has 0 fully saturated rings. The molecule has 0 bridgehead atoms. The van der Waals surface area contributed by atoms with Gasteiger partial charge in [-0.05, 0) is 35.1 Å². The van der Waals surface area contributed by atoms with E-state index in [1.807, 2.05) is 0 Å². The molecule has 0 saturated carbocycles. The van der Waals surface area contributed by atoms with E-state index in [0.29, 0.717) is 5.92 Å². The predicted molar refractivity (Wildman–Crippen MR) is 85.1 cm³/mol. The normalized spacial score (nSPS) is 11.4. The molecule has 0 N–H and O–H groups in total. The highest BCUT2D eigenvalue weighted by Gasteiger charge is 2.06. The summed E-state index contributed by atoms with van der Waals surface area (Å²) < 4.78 is 2.09. The van der Waals surface area contributed by atoms with Gasteiger partial charge in [0.05, 0.1) is 11.7 Å². The summed E-state index contributed by atoms with van der Waals surface area (Å²) in [7, 11) is 2.06. The monoisotopic (exact) mass is 262 g/mol. The average Bonchev–Trinajstić information content (AvgIpc) is 2.82. The van der Waals surface area contributed by atoms with Crippen LogP contribution in [0.5, 0.6) is 0 Å². The summed E-state index contributed by atoms with van der Waals surface area (Å²) in [6, 6.07) is 17.6. The van der Waals surface area contributed by atoms with Gasteiger partial charge in [0.15, 0.2) is 0 Å². The van der Waals surface area contributed by atoms with Gasteiger partial charge in [-0.15, -0.1) is 0 Å². The van der Waals surface area contributed by atoms with Crippen LogP contribution in [-0.4, -0.2) is 4.57 Å². The number of nitrogens with zero attached hydrogens (tertiary/aromatic N) is 1. The van der Waals surface area contributed by atoms with Crippen LogP contribution in [0.25, 0.3) is 10.9 Å². The fraction of sp³-hybridized carbons (Fsp3) is 0.263. The van der Waals surface area contributed by atoms with Crippen molar-refractivity contribution in [2.75, 3.05) is 0 Å². The van der Waals surface area contributed by atoms with Crippen molar-refractivity contribution in [2.45, 2.75) is 26.2 Å². The second kappa shape index (κ2) is 5.16. The number of aromatic nitrogens is 1. The standard InChI is InChI=1S/C19H20N/c1-14(2)16-9-7-15(8-10-16)13-18-6-4-5-17-11-12-20(3)19(17)18/h4-11,14H,13H2,1-3H3. The first-order chi connectivity index (χ1) is 9.65. The van der Waals surface area contributed by atoms with E-state index in [1.165, 1.54) is 27.6 Å². The van der Waals surface area contributed by atoms with E-state index in [2.05, 4.69) is 80.2 Å². The molecule has 0 amide bonds. The fourth-order valence-corrected chi connectivity index (χ4v) is 2.75. The molecule has 2 aromatic carbocycles. The Labute approximate surface area is 120 Å². The lowest BCUT2D eigenvalue weighted by Gasteiger charge is -2.09. The summed E-state index contributed by atoms with van der Waals surface area (Å²) in [5, 5.41) is 1.27. The number of hydrogen-bond donors (Lipinski definition) is 0. The van der Waals surface area contributed by atoms with Gasteiger partial charge in [-0.25, -0.2) is 0 Å². The zero-order valence-electron chi connectivity index (χ0n) is 12.4. The minimum Gasteiger partial charge on any atom is -0.342 e. The molecule has 0 saturated heterocycles. The second-order valence-corrected chi connectivity index (χ2v) is 5.76. The molecule has 0 aliphatic carbocycles. The molecule has 0 spiro atoms. The molecular formula is C19H20N. The zero-order chi connectivity index (χ0) is 14.1. The third-order valence-electron chi connectivity index (χ3n) is 3.94. The first-order valence-corrected chi connectivity index (χ1v) is 7.19. The molecule has 101 valence electrons. The first-order valence-electron chi connectivity index (χ1n) is 7.19. The Morgan fingerprint density at radius 2 is 1.80 bits per heavy atom. The maximum atomic E-state index is 3.24. The van der Waals surface area contributed by atoms with Crippen molar-refractivity contribution in [1.29, 1.82) is 0 Å². The Morgan fingerprint density at radius 1 is 1.05 bits per heavy atom. The summed E-state index contributed by atoms with van der Waals surface area (Å²) >= 11 is 0. The molecule has 0 aliphatic rings. The summed E-state index contributed by atoms with van der Waals surface area (Å²) in [5.74, 6) is 0.593. The fourth-order valence-electron chi connectivity index (χ4n) is 2.75.